The SMILES string of the molecule is O=C(NCc1cc2n(n1)CCNC2)C(c1ccccc1)c1ccccc1. The number of carbonyl (C=O) groups excluding carboxylic acids is 1. The summed E-state index contributed by atoms with van der Waals surface area (Å²) in [5, 5.41) is 11.0. The molecular weight excluding hydrogens is 324 g/mol. The normalized spacial score (nSPS) is 13.4. The zero-order valence-electron chi connectivity index (χ0n) is 14.6. The number of nitrogens with zero attached hydrogens (tertiary/aromatic N) is 2. The van der Waals surface area contributed by atoms with Gasteiger partial charge in [-0.15, -0.1) is 0 Å². The number of benzene rings is 2. The van der Waals surface area contributed by atoms with E-state index in [1.807, 2.05) is 65.3 Å². The van der Waals surface area contributed by atoms with Crippen LogP contribution in [0.5, 0.6) is 0 Å². The lowest BCUT2D eigenvalue weighted by atomic mass is 9.90. The summed E-state index contributed by atoms with van der Waals surface area (Å²) >= 11 is 0. The summed E-state index contributed by atoms with van der Waals surface area (Å²) in [5.74, 6) is -0.331. The third-order valence-electron chi connectivity index (χ3n) is 4.69. The molecule has 2 heterocycles. The first-order valence-electron chi connectivity index (χ1n) is 8.95. The van der Waals surface area contributed by atoms with Gasteiger partial charge in [0.15, 0.2) is 0 Å². The molecule has 0 saturated heterocycles. The molecule has 1 aliphatic heterocycles. The van der Waals surface area contributed by atoms with Crippen molar-refractivity contribution in [3.05, 3.63) is 89.2 Å². The van der Waals surface area contributed by atoms with E-state index in [4.69, 9.17) is 0 Å². The van der Waals surface area contributed by atoms with Crippen LogP contribution in [0.4, 0.5) is 0 Å². The molecule has 0 aliphatic carbocycles. The van der Waals surface area contributed by atoms with Gasteiger partial charge >= 0.3 is 0 Å². The van der Waals surface area contributed by atoms with E-state index in [-0.39, 0.29) is 11.8 Å². The fourth-order valence-electron chi connectivity index (χ4n) is 3.40. The molecule has 0 radical (unpaired) electrons. The van der Waals surface area contributed by atoms with Crippen molar-refractivity contribution in [1.82, 2.24) is 20.4 Å². The summed E-state index contributed by atoms with van der Waals surface area (Å²) in [7, 11) is 0. The molecule has 0 fully saturated rings. The predicted molar refractivity (Wildman–Crippen MR) is 101 cm³/mol. The highest BCUT2D eigenvalue weighted by molar-refractivity contribution is 5.87. The van der Waals surface area contributed by atoms with Crippen LogP contribution in [0.25, 0.3) is 0 Å². The van der Waals surface area contributed by atoms with Crippen molar-refractivity contribution >= 4 is 5.91 Å². The molecule has 132 valence electrons. The third kappa shape index (κ3) is 3.53. The second kappa shape index (κ2) is 7.54. The molecule has 0 atom stereocenters. The average Bonchev–Trinajstić information content (AvgIpc) is 3.11. The highest BCUT2D eigenvalue weighted by Crippen LogP contribution is 2.24. The average molecular weight is 346 g/mol. The van der Waals surface area contributed by atoms with E-state index in [9.17, 15) is 4.79 Å². The van der Waals surface area contributed by atoms with Crippen LogP contribution in [0.15, 0.2) is 66.7 Å². The monoisotopic (exact) mass is 346 g/mol. The van der Waals surface area contributed by atoms with Gasteiger partial charge in [-0.3, -0.25) is 9.48 Å². The van der Waals surface area contributed by atoms with Gasteiger partial charge in [0.2, 0.25) is 5.91 Å². The maximum atomic E-state index is 13.0. The van der Waals surface area contributed by atoms with Crippen LogP contribution in [0.3, 0.4) is 0 Å². The van der Waals surface area contributed by atoms with Gasteiger partial charge in [0.25, 0.3) is 0 Å². The summed E-state index contributed by atoms with van der Waals surface area (Å²) in [5.41, 5.74) is 4.05. The fourth-order valence-corrected chi connectivity index (χ4v) is 3.40. The lowest BCUT2D eigenvalue weighted by Crippen LogP contribution is -2.30. The minimum atomic E-state index is -0.323. The van der Waals surface area contributed by atoms with Gasteiger partial charge in [0.1, 0.15) is 0 Å². The second-order valence-electron chi connectivity index (χ2n) is 6.50. The van der Waals surface area contributed by atoms with E-state index in [0.717, 1.165) is 36.5 Å². The first-order chi connectivity index (χ1) is 12.8. The number of amides is 1. The Balaban J connectivity index is 1.52. The largest absolute Gasteiger partial charge is 0.350 e. The third-order valence-corrected chi connectivity index (χ3v) is 4.69. The van der Waals surface area contributed by atoms with Gasteiger partial charge in [-0.25, -0.2) is 0 Å². The standard InChI is InChI=1S/C21H22N4O/c26-21(23-14-18-13-19-15-22-11-12-25(19)24-18)20(16-7-3-1-4-8-16)17-9-5-2-6-10-17/h1-10,13,20,22H,11-12,14-15H2,(H,23,26). The zero-order chi connectivity index (χ0) is 17.8. The van der Waals surface area contributed by atoms with Gasteiger partial charge in [0, 0.05) is 13.1 Å². The Hall–Kier alpha value is -2.92. The maximum Gasteiger partial charge on any atom is 0.232 e. The van der Waals surface area contributed by atoms with Crippen molar-refractivity contribution in [2.75, 3.05) is 6.54 Å². The lowest BCUT2D eigenvalue weighted by molar-refractivity contribution is -0.121. The van der Waals surface area contributed by atoms with E-state index in [1.165, 1.54) is 5.69 Å². The van der Waals surface area contributed by atoms with Crippen LogP contribution >= 0.6 is 0 Å². The van der Waals surface area contributed by atoms with Crippen LogP contribution in [-0.4, -0.2) is 22.2 Å². The smallest absolute Gasteiger partial charge is 0.232 e. The number of aromatic nitrogens is 2. The number of hydrogen-bond acceptors (Lipinski definition) is 3. The number of fused-ring (bicyclic) bond motifs is 1. The Morgan fingerprint density at radius 3 is 2.35 bits per heavy atom. The van der Waals surface area contributed by atoms with E-state index in [2.05, 4.69) is 21.8 Å². The highest BCUT2D eigenvalue weighted by atomic mass is 16.1. The molecule has 5 heteroatoms. The van der Waals surface area contributed by atoms with Crippen molar-refractivity contribution in [3.63, 3.8) is 0 Å². The minimum absolute atomic E-state index is 0.00787. The van der Waals surface area contributed by atoms with Crippen LogP contribution in [0, 0.1) is 0 Å². The molecule has 3 aromatic rings. The quantitative estimate of drug-likeness (QED) is 0.746. The molecule has 4 rings (SSSR count). The molecule has 0 saturated carbocycles. The van der Waals surface area contributed by atoms with Crippen LogP contribution in [-0.2, 0) is 24.4 Å². The Kier molecular flexibility index (Phi) is 4.80. The number of carbonyl (C=O) groups is 1. The van der Waals surface area contributed by atoms with E-state index >= 15 is 0 Å². The summed E-state index contributed by atoms with van der Waals surface area (Å²) < 4.78 is 2.02. The highest BCUT2D eigenvalue weighted by Gasteiger charge is 2.22. The van der Waals surface area contributed by atoms with Crippen molar-refractivity contribution in [2.45, 2.75) is 25.6 Å². The number of rotatable bonds is 5. The second-order valence-corrected chi connectivity index (χ2v) is 6.50. The van der Waals surface area contributed by atoms with Crippen LogP contribution in [0.1, 0.15) is 28.4 Å². The minimum Gasteiger partial charge on any atom is -0.350 e. The molecule has 1 amide bonds. The first kappa shape index (κ1) is 16.5. The van der Waals surface area contributed by atoms with Crippen LogP contribution < -0.4 is 10.6 Å². The van der Waals surface area contributed by atoms with E-state index in [1.54, 1.807) is 0 Å². The van der Waals surface area contributed by atoms with E-state index in [0.29, 0.717) is 6.54 Å². The molecule has 1 aliphatic rings. The Morgan fingerprint density at radius 1 is 1.08 bits per heavy atom. The predicted octanol–water partition coefficient (Wildman–Crippen LogP) is 2.43. The number of nitrogens with one attached hydrogen (secondary N) is 2. The molecular formula is C21H22N4O. The van der Waals surface area contributed by atoms with Crippen molar-refractivity contribution in [1.29, 1.82) is 0 Å². The van der Waals surface area contributed by atoms with Crippen molar-refractivity contribution in [2.24, 2.45) is 0 Å². The van der Waals surface area contributed by atoms with Gasteiger partial charge < -0.3 is 10.6 Å². The Bertz CT molecular complexity index is 811. The van der Waals surface area contributed by atoms with Gasteiger partial charge in [-0.2, -0.15) is 5.10 Å². The summed E-state index contributed by atoms with van der Waals surface area (Å²) in [6, 6.07) is 21.9. The van der Waals surface area contributed by atoms with Crippen molar-refractivity contribution in [3.8, 4) is 0 Å². The maximum absolute atomic E-state index is 13.0. The molecule has 0 unspecified atom stereocenters. The molecule has 1 aromatic heterocycles. The Labute approximate surface area is 153 Å². The topological polar surface area (TPSA) is 59.0 Å². The van der Waals surface area contributed by atoms with Crippen LogP contribution in [0.2, 0.25) is 0 Å². The molecule has 2 N–H and O–H groups in total. The van der Waals surface area contributed by atoms with E-state index < -0.39 is 0 Å². The molecule has 5 nitrogen and oxygen atoms in total. The molecule has 0 bridgehead atoms. The fraction of sp³-hybridized carbons (Fsp3) is 0.238. The van der Waals surface area contributed by atoms with Gasteiger partial charge in [0.05, 0.1) is 30.4 Å². The summed E-state index contributed by atoms with van der Waals surface area (Å²) in [6.45, 7) is 3.08. The Morgan fingerprint density at radius 2 is 1.73 bits per heavy atom. The summed E-state index contributed by atoms with van der Waals surface area (Å²) in [4.78, 5) is 13.0. The summed E-state index contributed by atoms with van der Waals surface area (Å²) in [6.07, 6.45) is 0. The lowest BCUT2D eigenvalue weighted by Gasteiger charge is -2.17. The molecule has 0 spiro atoms. The molecule has 2 aromatic carbocycles. The first-order valence-corrected chi connectivity index (χ1v) is 8.95. The molecule has 26 heavy (non-hydrogen) atoms. The number of hydrogen-bond donors (Lipinski definition) is 2. The zero-order valence-corrected chi connectivity index (χ0v) is 14.6. The van der Waals surface area contributed by atoms with Gasteiger partial charge in [-0.05, 0) is 17.2 Å². The van der Waals surface area contributed by atoms with Gasteiger partial charge in [-0.1, -0.05) is 60.7 Å². The van der Waals surface area contributed by atoms with Crippen molar-refractivity contribution < 1.29 is 4.79 Å².